The average molecular weight is 436 g/mol. The summed E-state index contributed by atoms with van der Waals surface area (Å²) in [5, 5.41) is 9.08. The summed E-state index contributed by atoms with van der Waals surface area (Å²) < 4.78 is 12.8. The van der Waals surface area contributed by atoms with Gasteiger partial charge in [0, 0.05) is 33.1 Å². The van der Waals surface area contributed by atoms with Crippen LogP contribution in [0.3, 0.4) is 0 Å². The molecule has 0 spiro atoms. The third-order valence-electron chi connectivity index (χ3n) is 3.06. The molecule has 0 heterocycles. The molecule has 0 bridgehead atoms. The van der Waals surface area contributed by atoms with Crippen molar-refractivity contribution >= 4 is 35.8 Å². The summed E-state index contributed by atoms with van der Waals surface area (Å²) >= 11 is 0. The van der Waals surface area contributed by atoms with Crippen LogP contribution in [0.15, 0.2) is 29.3 Å². The van der Waals surface area contributed by atoms with E-state index >= 15 is 0 Å². The van der Waals surface area contributed by atoms with Crippen molar-refractivity contribution in [2.45, 2.75) is 26.2 Å². The number of halogens is 2. The average Bonchev–Trinajstić information content (AvgIpc) is 2.53. The second kappa shape index (κ2) is 13.1. The molecule has 1 amide bonds. The van der Waals surface area contributed by atoms with E-state index < -0.39 is 0 Å². The maximum absolute atomic E-state index is 12.8. The van der Waals surface area contributed by atoms with Crippen LogP contribution in [0.25, 0.3) is 0 Å². The van der Waals surface area contributed by atoms with Crippen LogP contribution in [0.2, 0.25) is 0 Å². The standard InChI is InChI=1S/C16H25FN4O.HI/c1-3-10-19-15(22)9-12-21-16(18-2)20-11-8-13-4-6-14(17)7-5-13;/h4-7H,3,8-12H2,1-2H3,(H,19,22)(H2,18,20,21);1H. The number of aliphatic imine (C=N–C) groups is 1. The molecule has 0 atom stereocenters. The molecular formula is C16H26FIN4O. The quantitative estimate of drug-likeness (QED) is 0.332. The van der Waals surface area contributed by atoms with Gasteiger partial charge in [-0.1, -0.05) is 19.1 Å². The fraction of sp³-hybridized carbons (Fsp3) is 0.500. The molecule has 0 unspecified atom stereocenters. The predicted molar refractivity (Wildman–Crippen MR) is 103 cm³/mol. The smallest absolute Gasteiger partial charge is 0.221 e. The lowest BCUT2D eigenvalue weighted by molar-refractivity contribution is -0.120. The Balaban J connectivity index is 0.00000484. The Bertz CT molecular complexity index is 479. The normalized spacial score (nSPS) is 10.7. The van der Waals surface area contributed by atoms with E-state index in [1.807, 2.05) is 6.92 Å². The first-order valence-electron chi connectivity index (χ1n) is 7.61. The van der Waals surface area contributed by atoms with E-state index in [2.05, 4.69) is 20.9 Å². The maximum atomic E-state index is 12.8. The summed E-state index contributed by atoms with van der Waals surface area (Å²) in [6.07, 6.45) is 2.13. The lowest BCUT2D eigenvalue weighted by Gasteiger charge is -2.12. The van der Waals surface area contributed by atoms with Gasteiger partial charge in [-0.15, -0.1) is 24.0 Å². The lowest BCUT2D eigenvalue weighted by atomic mass is 10.1. The van der Waals surface area contributed by atoms with E-state index in [1.54, 1.807) is 19.2 Å². The zero-order valence-corrected chi connectivity index (χ0v) is 16.0. The highest BCUT2D eigenvalue weighted by atomic mass is 127. The summed E-state index contributed by atoms with van der Waals surface area (Å²) in [5.74, 6) is 0.469. The van der Waals surface area contributed by atoms with Crippen molar-refractivity contribution in [3.63, 3.8) is 0 Å². The minimum absolute atomic E-state index is 0. The Kier molecular flexibility index (Phi) is 12.3. The van der Waals surface area contributed by atoms with Crippen molar-refractivity contribution in [1.82, 2.24) is 16.0 Å². The minimum Gasteiger partial charge on any atom is -0.356 e. The number of nitrogens with one attached hydrogen (secondary N) is 3. The van der Waals surface area contributed by atoms with Crippen molar-refractivity contribution in [3.05, 3.63) is 35.6 Å². The van der Waals surface area contributed by atoms with Crippen molar-refractivity contribution < 1.29 is 9.18 Å². The molecule has 0 aliphatic heterocycles. The van der Waals surface area contributed by atoms with Crippen LogP contribution in [0.5, 0.6) is 0 Å². The Morgan fingerprint density at radius 3 is 2.35 bits per heavy atom. The highest BCUT2D eigenvalue weighted by molar-refractivity contribution is 14.0. The number of carbonyl (C=O) groups is 1. The Labute approximate surface area is 154 Å². The van der Waals surface area contributed by atoms with Crippen LogP contribution in [0.4, 0.5) is 4.39 Å². The van der Waals surface area contributed by atoms with E-state index in [1.165, 1.54) is 12.1 Å². The zero-order valence-electron chi connectivity index (χ0n) is 13.7. The van der Waals surface area contributed by atoms with Gasteiger partial charge in [-0.25, -0.2) is 4.39 Å². The largest absolute Gasteiger partial charge is 0.356 e. The predicted octanol–water partition coefficient (Wildman–Crippen LogP) is 2.07. The first kappa shape index (κ1) is 21.6. The molecule has 1 aromatic rings. The van der Waals surface area contributed by atoms with Gasteiger partial charge in [0.15, 0.2) is 5.96 Å². The number of nitrogens with zero attached hydrogens (tertiary/aromatic N) is 1. The molecule has 23 heavy (non-hydrogen) atoms. The number of rotatable bonds is 8. The second-order valence-corrected chi connectivity index (χ2v) is 4.90. The number of hydrogen-bond acceptors (Lipinski definition) is 2. The topological polar surface area (TPSA) is 65.5 Å². The highest BCUT2D eigenvalue weighted by Crippen LogP contribution is 2.02. The first-order chi connectivity index (χ1) is 10.7. The number of hydrogen-bond donors (Lipinski definition) is 3. The maximum Gasteiger partial charge on any atom is 0.221 e. The van der Waals surface area contributed by atoms with Crippen LogP contribution >= 0.6 is 24.0 Å². The van der Waals surface area contributed by atoms with Crippen molar-refractivity contribution in [3.8, 4) is 0 Å². The van der Waals surface area contributed by atoms with Gasteiger partial charge >= 0.3 is 0 Å². The summed E-state index contributed by atoms with van der Waals surface area (Å²) in [6, 6.07) is 6.45. The molecule has 7 heteroatoms. The van der Waals surface area contributed by atoms with Crippen LogP contribution in [-0.2, 0) is 11.2 Å². The van der Waals surface area contributed by atoms with Crippen LogP contribution in [0.1, 0.15) is 25.3 Å². The summed E-state index contributed by atoms with van der Waals surface area (Å²) in [6.45, 7) is 3.95. The summed E-state index contributed by atoms with van der Waals surface area (Å²) in [7, 11) is 1.68. The van der Waals surface area contributed by atoms with Crippen LogP contribution in [0, 0.1) is 5.82 Å². The fourth-order valence-corrected chi connectivity index (χ4v) is 1.84. The first-order valence-corrected chi connectivity index (χ1v) is 7.61. The third-order valence-corrected chi connectivity index (χ3v) is 3.06. The molecule has 0 radical (unpaired) electrons. The van der Waals surface area contributed by atoms with Crippen LogP contribution < -0.4 is 16.0 Å². The van der Waals surface area contributed by atoms with Crippen molar-refractivity contribution in [2.24, 2.45) is 4.99 Å². The number of carbonyl (C=O) groups excluding carboxylic acids is 1. The van der Waals surface area contributed by atoms with Gasteiger partial charge in [0.1, 0.15) is 5.82 Å². The third kappa shape index (κ3) is 10.1. The Morgan fingerprint density at radius 2 is 1.74 bits per heavy atom. The van der Waals surface area contributed by atoms with Gasteiger partial charge in [0.2, 0.25) is 5.91 Å². The van der Waals surface area contributed by atoms with Crippen molar-refractivity contribution in [2.75, 3.05) is 26.7 Å². The Morgan fingerprint density at radius 1 is 1.09 bits per heavy atom. The van der Waals surface area contributed by atoms with Gasteiger partial charge in [0.05, 0.1) is 0 Å². The molecular weight excluding hydrogens is 410 g/mol. The van der Waals surface area contributed by atoms with E-state index in [-0.39, 0.29) is 35.7 Å². The molecule has 0 fully saturated rings. The number of guanidine groups is 1. The van der Waals surface area contributed by atoms with Gasteiger partial charge in [-0.2, -0.15) is 0 Å². The molecule has 0 aliphatic rings. The van der Waals surface area contributed by atoms with E-state index in [4.69, 9.17) is 0 Å². The van der Waals surface area contributed by atoms with Gasteiger partial charge < -0.3 is 16.0 Å². The van der Waals surface area contributed by atoms with Gasteiger partial charge in [-0.3, -0.25) is 9.79 Å². The highest BCUT2D eigenvalue weighted by Gasteiger charge is 2.02. The summed E-state index contributed by atoms with van der Waals surface area (Å²) in [5.41, 5.74) is 1.06. The van der Waals surface area contributed by atoms with Gasteiger partial charge in [-0.05, 0) is 30.5 Å². The molecule has 1 rings (SSSR count). The molecule has 130 valence electrons. The second-order valence-electron chi connectivity index (χ2n) is 4.90. The molecule has 3 N–H and O–H groups in total. The van der Waals surface area contributed by atoms with Crippen molar-refractivity contribution in [1.29, 1.82) is 0 Å². The molecule has 0 aliphatic carbocycles. The molecule has 0 saturated heterocycles. The molecule has 1 aromatic carbocycles. The number of benzene rings is 1. The van der Waals surface area contributed by atoms with Gasteiger partial charge in [0.25, 0.3) is 0 Å². The Hall–Kier alpha value is -1.38. The van der Waals surface area contributed by atoms with E-state index in [9.17, 15) is 9.18 Å². The fourth-order valence-electron chi connectivity index (χ4n) is 1.84. The van der Waals surface area contributed by atoms with Crippen LogP contribution in [-0.4, -0.2) is 38.5 Å². The monoisotopic (exact) mass is 436 g/mol. The number of amides is 1. The van der Waals surface area contributed by atoms with E-state index in [0.29, 0.717) is 32.0 Å². The minimum atomic E-state index is -0.226. The lowest BCUT2D eigenvalue weighted by Crippen LogP contribution is -2.40. The molecule has 0 saturated carbocycles. The SMILES string of the molecule is CCCNC(=O)CCNC(=NC)NCCc1ccc(F)cc1.I. The zero-order chi connectivity index (χ0) is 16.2. The molecule has 5 nitrogen and oxygen atoms in total. The van der Waals surface area contributed by atoms with E-state index in [0.717, 1.165) is 18.4 Å². The molecule has 0 aromatic heterocycles. The summed E-state index contributed by atoms with van der Waals surface area (Å²) in [4.78, 5) is 15.6.